The van der Waals surface area contributed by atoms with Gasteiger partial charge in [-0.1, -0.05) is 16.6 Å². The third-order valence-corrected chi connectivity index (χ3v) is 2.79. The maximum Gasteiger partial charge on any atom is 0.573 e. The zero-order valence-corrected chi connectivity index (χ0v) is 10.2. The fourth-order valence-electron chi connectivity index (χ4n) is 1.54. The summed E-state index contributed by atoms with van der Waals surface area (Å²) in [6.07, 6.45) is -4.73. The van der Waals surface area contributed by atoms with Crippen molar-refractivity contribution in [3.05, 3.63) is 40.9 Å². The Balaban J connectivity index is 2.27. The summed E-state index contributed by atoms with van der Waals surface area (Å²) >= 11 is 1.12. The largest absolute Gasteiger partial charge is 0.573 e. The maximum absolute atomic E-state index is 12.1. The summed E-state index contributed by atoms with van der Waals surface area (Å²) < 4.78 is 44.0. The first-order valence-corrected chi connectivity index (χ1v) is 5.92. The van der Waals surface area contributed by atoms with Gasteiger partial charge in [-0.15, -0.1) is 18.3 Å². The standard InChI is InChI=1S/C10H9F3N4OS/c11-10(12,13)18-7-3-1-2-6(4-7)9(15-14)8-5-19-17-16-8/h1-5,9,15H,14H2. The Morgan fingerprint density at radius 1 is 1.37 bits per heavy atom. The van der Waals surface area contributed by atoms with E-state index in [9.17, 15) is 13.2 Å². The molecule has 0 saturated heterocycles. The molecule has 2 rings (SSSR count). The van der Waals surface area contributed by atoms with Gasteiger partial charge in [0.2, 0.25) is 0 Å². The van der Waals surface area contributed by atoms with Crippen LogP contribution >= 0.6 is 11.5 Å². The molecule has 102 valence electrons. The van der Waals surface area contributed by atoms with Crippen LogP contribution in [0.2, 0.25) is 0 Å². The summed E-state index contributed by atoms with van der Waals surface area (Å²) in [5.74, 6) is 5.09. The molecule has 0 spiro atoms. The summed E-state index contributed by atoms with van der Waals surface area (Å²) in [5.41, 5.74) is 3.50. The first-order valence-electron chi connectivity index (χ1n) is 5.08. The quantitative estimate of drug-likeness (QED) is 0.665. The lowest BCUT2D eigenvalue weighted by Crippen LogP contribution is -2.29. The minimum absolute atomic E-state index is 0.312. The molecule has 0 aliphatic carbocycles. The average molecular weight is 290 g/mol. The van der Waals surface area contributed by atoms with Gasteiger partial charge >= 0.3 is 6.36 Å². The van der Waals surface area contributed by atoms with Gasteiger partial charge in [0.05, 0.1) is 11.7 Å². The van der Waals surface area contributed by atoms with Crippen molar-refractivity contribution in [1.82, 2.24) is 15.0 Å². The second-order valence-electron chi connectivity index (χ2n) is 3.55. The summed E-state index contributed by atoms with van der Waals surface area (Å²) in [6, 6.07) is 4.98. The fourth-order valence-corrected chi connectivity index (χ4v) is 2.02. The molecule has 1 aromatic carbocycles. The molecule has 19 heavy (non-hydrogen) atoms. The molecule has 0 radical (unpaired) electrons. The molecule has 0 saturated carbocycles. The van der Waals surface area contributed by atoms with E-state index in [-0.39, 0.29) is 5.75 Å². The lowest BCUT2D eigenvalue weighted by atomic mass is 10.1. The molecule has 1 heterocycles. The van der Waals surface area contributed by atoms with Crippen molar-refractivity contribution in [3.8, 4) is 5.75 Å². The van der Waals surface area contributed by atoms with Crippen LogP contribution in [-0.4, -0.2) is 15.9 Å². The van der Waals surface area contributed by atoms with Gasteiger partial charge in [-0.2, -0.15) is 0 Å². The Labute approximate surface area is 110 Å². The summed E-state index contributed by atoms with van der Waals surface area (Å²) in [6.45, 7) is 0. The molecule has 0 amide bonds. The van der Waals surface area contributed by atoms with Crippen LogP contribution in [0.4, 0.5) is 13.2 Å². The Morgan fingerprint density at radius 2 is 2.16 bits per heavy atom. The van der Waals surface area contributed by atoms with Gasteiger partial charge in [0.1, 0.15) is 5.75 Å². The zero-order valence-electron chi connectivity index (χ0n) is 9.39. The van der Waals surface area contributed by atoms with E-state index in [2.05, 4.69) is 19.7 Å². The van der Waals surface area contributed by atoms with Gasteiger partial charge in [0, 0.05) is 5.38 Å². The first-order chi connectivity index (χ1) is 8.99. The number of hydrogen-bond acceptors (Lipinski definition) is 6. The van der Waals surface area contributed by atoms with Crippen molar-refractivity contribution < 1.29 is 17.9 Å². The minimum Gasteiger partial charge on any atom is -0.406 e. The second kappa shape index (κ2) is 5.51. The first kappa shape index (κ1) is 13.7. The summed E-state index contributed by atoms with van der Waals surface area (Å²) in [4.78, 5) is 0. The maximum atomic E-state index is 12.1. The molecule has 1 unspecified atom stereocenters. The van der Waals surface area contributed by atoms with Crippen LogP contribution in [0.1, 0.15) is 17.3 Å². The number of halogens is 3. The molecule has 1 atom stereocenters. The molecule has 0 aliphatic rings. The van der Waals surface area contributed by atoms with E-state index < -0.39 is 12.4 Å². The Hall–Kier alpha value is -1.71. The SMILES string of the molecule is NNC(c1cccc(OC(F)(F)F)c1)c1csnn1. The van der Waals surface area contributed by atoms with Crippen molar-refractivity contribution in [2.45, 2.75) is 12.4 Å². The van der Waals surface area contributed by atoms with Crippen molar-refractivity contribution in [2.24, 2.45) is 5.84 Å². The van der Waals surface area contributed by atoms with E-state index in [4.69, 9.17) is 5.84 Å². The highest BCUT2D eigenvalue weighted by Gasteiger charge is 2.31. The highest BCUT2D eigenvalue weighted by molar-refractivity contribution is 7.03. The monoisotopic (exact) mass is 290 g/mol. The summed E-state index contributed by atoms with van der Waals surface area (Å²) in [7, 11) is 0. The van der Waals surface area contributed by atoms with E-state index in [0.717, 1.165) is 11.5 Å². The minimum atomic E-state index is -4.73. The van der Waals surface area contributed by atoms with Crippen LogP contribution in [0.5, 0.6) is 5.75 Å². The van der Waals surface area contributed by atoms with Crippen molar-refractivity contribution in [3.63, 3.8) is 0 Å². The molecule has 5 nitrogen and oxygen atoms in total. The van der Waals surface area contributed by atoms with Gasteiger partial charge in [-0.05, 0) is 29.2 Å². The number of nitrogens with two attached hydrogens (primary N) is 1. The van der Waals surface area contributed by atoms with E-state index in [1.54, 1.807) is 11.4 Å². The molecule has 2 aromatic rings. The average Bonchev–Trinajstić information content (AvgIpc) is 2.82. The second-order valence-corrected chi connectivity index (χ2v) is 4.16. The van der Waals surface area contributed by atoms with Crippen LogP contribution in [0, 0.1) is 0 Å². The molecule has 1 aromatic heterocycles. The molecule has 0 fully saturated rings. The van der Waals surface area contributed by atoms with Gasteiger partial charge in [0.25, 0.3) is 0 Å². The number of aromatic nitrogens is 2. The predicted octanol–water partition coefficient (Wildman–Crippen LogP) is 1.99. The predicted molar refractivity (Wildman–Crippen MR) is 62.2 cm³/mol. The topological polar surface area (TPSA) is 73.1 Å². The number of benzene rings is 1. The lowest BCUT2D eigenvalue weighted by molar-refractivity contribution is -0.274. The molecule has 3 N–H and O–H groups in total. The van der Waals surface area contributed by atoms with E-state index in [1.807, 2.05) is 0 Å². The van der Waals surface area contributed by atoms with Crippen molar-refractivity contribution in [1.29, 1.82) is 0 Å². The number of ether oxygens (including phenoxy) is 1. The van der Waals surface area contributed by atoms with Crippen LogP contribution < -0.4 is 16.0 Å². The Kier molecular flexibility index (Phi) is 3.98. The Bertz CT molecular complexity index is 532. The fraction of sp³-hybridized carbons (Fsp3) is 0.200. The molecule has 9 heteroatoms. The van der Waals surface area contributed by atoms with Crippen LogP contribution in [-0.2, 0) is 0 Å². The van der Waals surface area contributed by atoms with Crippen molar-refractivity contribution >= 4 is 11.5 Å². The third kappa shape index (κ3) is 3.63. The van der Waals surface area contributed by atoms with Gasteiger partial charge in [-0.25, -0.2) is 5.43 Å². The molecule has 0 aliphatic heterocycles. The van der Waals surface area contributed by atoms with Crippen LogP contribution in [0.3, 0.4) is 0 Å². The molecular formula is C10H9F3N4OS. The lowest BCUT2D eigenvalue weighted by Gasteiger charge is -2.15. The van der Waals surface area contributed by atoms with Gasteiger partial charge in [-0.3, -0.25) is 5.84 Å². The van der Waals surface area contributed by atoms with E-state index in [0.29, 0.717) is 11.3 Å². The van der Waals surface area contributed by atoms with Gasteiger partial charge < -0.3 is 4.74 Å². The number of nitrogens with zero attached hydrogens (tertiary/aromatic N) is 2. The highest BCUT2D eigenvalue weighted by Crippen LogP contribution is 2.27. The molecule has 0 bridgehead atoms. The van der Waals surface area contributed by atoms with E-state index >= 15 is 0 Å². The normalized spacial score (nSPS) is 13.3. The number of hydrazine groups is 1. The zero-order chi connectivity index (χ0) is 13.9. The van der Waals surface area contributed by atoms with Crippen LogP contribution in [0.25, 0.3) is 0 Å². The van der Waals surface area contributed by atoms with Gasteiger partial charge in [0.15, 0.2) is 0 Å². The summed E-state index contributed by atoms with van der Waals surface area (Å²) in [5, 5.41) is 5.49. The molecular weight excluding hydrogens is 281 g/mol. The Morgan fingerprint density at radius 3 is 2.74 bits per heavy atom. The number of rotatable bonds is 4. The highest BCUT2D eigenvalue weighted by atomic mass is 32.1. The smallest absolute Gasteiger partial charge is 0.406 e. The third-order valence-electron chi connectivity index (χ3n) is 2.26. The van der Waals surface area contributed by atoms with E-state index in [1.165, 1.54) is 18.2 Å². The number of nitrogens with one attached hydrogen (secondary N) is 1. The number of hydrogen-bond donors (Lipinski definition) is 2. The van der Waals surface area contributed by atoms with Crippen LogP contribution in [0.15, 0.2) is 29.6 Å². The van der Waals surface area contributed by atoms with Crippen molar-refractivity contribution in [2.75, 3.05) is 0 Å². The number of alkyl halides is 3.